The third-order valence-corrected chi connectivity index (χ3v) is 3.18. The molecule has 0 unspecified atom stereocenters. The maximum Gasteiger partial charge on any atom is 0.149 e. The van der Waals surface area contributed by atoms with E-state index in [1.807, 2.05) is 36.4 Å². The molecule has 3 rings (SSSR count). The van der Waals surface area contributed by atoms with E-state index in [2.05, 4.69) is 15.9 Å². The van der Waals surface area contributed by atoms with Gasteiger partial charge in [0.2, 0.25) is 0 Å². The summed E-state index contributed by atoms with van der Waals surface area (Å²) >= 11 is 3.30. The lowest BCUT2D eigenvalue weighted by Crippen LogP contribution is -1.73. The molecule has 3 aromatic rings. The summed E-state index contributed by atoms with van der Waals surface area (Å²) in [6.45, 7) is 0. The Kier molecular flexibility index (Phi) is 2.48. The van der Waals surface area contributed by atoms with Gasteiger partial charge in [-0.25, -0.2) is 4.39 Å². The lowest BCUT2D eigenvalue weighted by Gasteiger charge is -1.94. The summed E-state index contributed by atoms with van der Waals surface area (Å²) in [4.78, 5) is 0. The van der Waals surface area contributed by atoms with Crippen molar-refractivity contribution in [3.63, 3.8) is 0 Å². The summed E-state index contributed by atoms with van der Waals surface area (Å²) in [5.41, 5.74) is 1.65. The van der Waals surface area contributed by atoms with Crippen LogP contribution in [0.4, 0.5) is 4.39 Å². The fourth-order valence-corrected chi connectivity index (χ4v) is 2.35. The fraction of sp³-hybridized carbons (Fsp3) is 0. The third-order valence-electron chi connectivity index (χ3n) is 2.59. The summed E-state index contributed by atoms with van der Waals surface area (Å²) in [5.74, 6) is 0.469. The molecule has 0 fully saturated rings. The van der Waals surface area contributed by atoms with Gasteiger partial charge in [-0.15, -0.1) is 0 Å². The van der Waals surface area contributed by atoms with Gasteiger partial charge >= 0.3 is 0 Å². The molecule has 17 heavy (non-hydrogen) atoms. The van der Waals surface area contributed by atoms with Crippen LogP contribution in [0.1, 0.15) is 0 Å². The van der Waals surface area contributed by atoms with Gasteiger partial charge in [0.25, 0.3) is 0 Å². The van der Waals surface area contributed by atoms with Crippen LogP contribution in [-0.4, -0.2) is 0 Å². The first-order valence-electron chi connectivity index (χ1n) is 5.18. The smallest absolute Gasteiger partial charge is 0.149 e. The molecule has 1 nitrogen and oxygen atoms in total. The van der Waals surface area contributed by atoms with E-state index < -0.39 is 0 Å². The second-order valence-corrected chi connectivity index (χ2v) is 4.64. The zero-order valence-electron chi connectivity index (χ0n) is 8.78. The predicted molar refractivity (Wildman–Crippen MR) is 69.3 cm³/mol. The molecule has 0 amide bonds. The zero-order chi connectivity index (χ0) is 11.8. The van der Waals surface area contributed by atoms with E-state index in [1.165, 1.54) is 12.1 Å². The van der Waals surface area contributed by atoms with E-state index in [-0.39, 0.29) is 5.82 Å². The Bertz CT molecular complexity index is 673. The standard InChI is InChI=1S/C14H8BrFO/c15-12-8-11(16)6-10-7-13(17-14(10)12)9-4-2-1-3-5-9/h1-8H. The summed E-state index contributed by atoms with van der Waals surface area (Å²) in [6, 6.07) is 14.5. The molecule has 1 aromatic heterocycles. The van der Waals surface area contributed by atoms with E-state index in [9.17, 15) is 4.39 Å². The summed E-state index contributed by atoms with van der Waals surface area (Å²) in [7, 11) is 0. The van der Waals surface area contributed by atoms with Crippen molar-refractivity contribution in [2.24, 2.45) is 0 Å². The number of hydrogen-bond donors (Lipinski definition) is 0. The van der Waals surface area contributed by atoms with Crippen LogP contribution >= 0.6 is 15.9 Å². The van der Waals surface area contributed by atoms with Gasteiger partial charge in [-0.1, -0.05) is 30.3 Å². The minimum atomic E-state index is -0.273. The molecule has 84 valence electrons. The van der Waals surface area contributed by atoms with Gasteiger partial charge < -0.3 is 4.42 Å². The molecular weight excluding hydrogens is 283 g/mol. The van der Waals surface area contributed by atoms with Crippen molar-refractivity contribution in [2.45, 2.75) is 0 Å². The maximum absolute atomic E-state index is 13.2. The molecule has 0 aliphatic heterocycles. The van der Waals surface area contributed by atoms with Crippen molar-refractivity contribution in [2.75, 3.05) is 0 Å². The Balaban J connectivity index is 2.24. The Hall–Kier alpha value is -1.61. The van der Waals surface area contributed by atoms with Gasteiger partial charge in [0.1, 0.15) is 17.2 Å². The van der Waals surface area contributed by atoms with Crippen LogP contribution < -0.4 is 0 Å². The van der Waals surface area contributed by atoms with Gasteiger partial charge in [-0.3, -0.25) is 0 Å². The number of furan rings is 1. The minimum Gasteiger partial charge on any atom is -0.455 e. The number of hydrogen-bond acceptors (Lipinski definition) is 1. The van der Waals surface area contributed by atoms with Crippen LogP contribution in [0.15, 0.2) is 57.4 Å². The molecule has 0 bridgehead atoms. The molecule has 0 atom stereocenters. The zero-order valence-corrected chi connectivity index (χ0v) is 10.4. The summed E-state index contributed by atoms with van der Waals surface area (Å²) in [5, 5.41) is 0.760. The average molecular weight is 291 g/mol. The van der Waals surface area contributed by atoms with Crippen molar-refractivity contribution < 1.29 is 8.81 Å². The second-order valence-electron chi connectivity index (χ2n) is 3.78. The first kappa shape index (κ1) is 10.5. The van der Waals surface area contributed by atoms with Gasteiger partial charge in [-0.2, -0.15) is 0 Å². The topological polar surface area (TPSA) is 13.1 Å². The van der Waals surface area contributed by atoms with Gasteiger partial charge in [-0.05, 0) is 34.1 Å². The van der Waals surface area contributed by atoms with Crippen LogP contribution in [0.25, 0.3) is 22.3 Å². The third kappa shape index (κ3) is 1.87. The first-order chi connectivity index (χ1) is 8.24. The van der Waals surface area contributed by atoms with Gasteiger partial charge in [0.05, 0.1) is 4.47 Å². The van der Waals surface area contributed by atoms with Gasteiger partial charge in [0, 0.05) is 10.9 Å². The molecule has 2 aromatic carbocycles. The Morgan fingerprint density at radius 1 is 1.00 bits per heavy atom. The summed E-state index contributed by atoms with van der Waals surface area (Å²) in [6.07, 6.45) is 0. The highest BCUT2D eigenvalue weighted by molar-refractivity contribution is 9.10. The number of rotatable bonds is 1. The van der Waals surface area contributed by atoms with Crippen LogP contribution in [0.5, 0.6) is 0 Å². The molecule has 0 saturated carbocycles. The maximum atomic E-state index is 13.2. The Morgan fingerprint density at radius 2 is 1.76 bits per heavy atom. The van der Waals surface area contributed by atoms with E-state index in [0.29, 0.717) is 10.1 Å². The van der Waals surface area contributed by atoms with E-state index >= 15 is 0 Å². The average Bonchev–Trinajstić information content (AvgIpc) is 2.74. The highest BCUT2D eigenvalue weighted by Crippen LogP contribution is 2.32. The Morgan fingerprint density at radius 3 is 2.53 bits per heavy atom. The number of fused-ring (bicyclic) bond motifs is 1. The van der Waals surface area contributed by atoms with Crippen molar-refractivity contribution in [3.05, 3.63) is 58.8 Å². The first-order valence-corrected chi connectivity index (χ1v) is 5.97. The van der Waals surface area contributed by atoms with Crippen LogP contribution in [0.2, 0.25) is 0 Å². The molecule has 3 heteroatoms. The normalized spacial score (nSPS) is 10.9. The highest BCUT2D eigenvalue weighted by atomic mass is 79.9. The molecule has 0 radical (unpaired) electrons. The van der Waals surface area contributed by atoms with Crippen LogP contribution in [0, 0.1) is 5.82 Å². The van der Waals surface area contributed by atoms with Crippen molar-refractivity contribution in [3.8, 4) is 11.3 Å². The molecular formula is C14H8BrFO. The fourth-order valence-electron chi connectivity index (χ4n) is 1.82. The molecule has 0 aliphatic rings. The highest BCUT2D eigenvalue weighted by Gasteiger charge is 2.10. The van der Waals surface area contributed by atoms with Crippen molar-refractivity contribution >= 4 is 26.9 Å². The Labute approximate surface area is 106 Å². The SMILES string of the molecule is Fc1cc(Br)c2oc(-c3ccccc3)cc2c1. The van der Waals surface area contributed by atoms with Crippen molar-refractivity contribution in [1.82, 2.24) is 0 Å². The molecule has 0 spiro atoms. The minimum absolute atomic E-state index is 0.273. The number of benzene rings is 2. The lowest BCUT2D eigenvalue weighted by molar-refractivity contribution is 0.616. The number of halogens is 2. The second kappa shape index (κ2) is 4.00. The quantitative estimate of drug-likeness (QED) is 0.615. The largest absolute Gasteiger partial charge is 0.455 e. The van der Waals surface area contributed by atoms with Crippen LogP contribution in [-0.2, 0) is 0 Å². The van der Waals surface area contributed by atoms with Gasteiger partial charge in [0.15, 0.2) is 0 Å². The monoisotopic (exact) mass is 290 g/mol. The lowest BCUT2D eigenvalue weighted by atomic mass is 10.1. The predicted octanol–water partition coefficient (Wildman–Crippen LogP) is 5.00. The molecule has 1 heterocycles. The molecule has 0 aliphatic carbocycles. The van der Waals surface area contributed by atoms with E-state index in [0.717, 1.165) is 16.7 Å². The van der Waals surface area contributed by atoms with Crippen molar-refractivity contribution in [1.29, 1.82) is 0 Å². The molecule has 0 N–H and O–H groups in total. The van der Waals surface area contributed by atoms with E-state index in [4.69, 9.17) is 4.42 Å². The summed E-state index contributed by atoms with van der Waals surface area (Å²) < 4.78 is 19.6. The molecule has 0 saturated heterocycles. The van der Waals surface area contributed by atoms with E-state index in [1.54, 1.807) is 0 Å². The van der Waals surface area contributed by atoms with Crippen LogP contribution in [0.3, 0.4) is 0 Å².